The molecule has 0 bridgehead atoms. The first-order chi connectivity index (χ1) is 10.9. The minimum absolute atomic E-state index is 0.436. The molecule has 1 aliphatic heterocycles. The van der Waals surface area contributed by atoms with Gasteiger partial charge in [0.05, 0.1) is 0 Å². The highest BCUT2D eigenvalue weighted by Crippen LogP contribution is 2.35. The van der Waals surface area contributed by atoms with Gasteiger partial charge in [-0.2, -0.15) is 0 Å². The van der Waals surface area contributed by atoms with Crippen molar-refractivity contribution in [2.24, 2.45) is 0 Å². The summed E-state index contributed by atoms with van der Waals surface area (Å²) < 4.78 is 0. The number of aromatic amines is 1. The molecule has 0 saturated carbocycles. The summed E-state index contributed by atoms with van der Waals surface area (Å²) in [4.78, 5) is 6.29. The first-order valence-electron chi connectivity index (χ1n) is 8.23. The lowest BCUT2D eigenvalue weighted by Gasteiger charge is -2.23. The molecule has 4 rings (SSSR count). The van der Waals surface area contributed by atoms with Crippen LogP contribution in [0.15, 0.2) is 54.6 Å². The zero-order chi connectivity index (χ0) is 14.9. The minimum Gasteiger partial charge on any atom is -0.358 e. The van der Waals surface area contributed by atoms with Crippen LogP contribution in [0.25, 0.3) is 10.9 Å². The number of nitrogens with zero attached hydrogens (tertiary/aromatic N) is 1. The topological polar surface area (TPSA) is 19.0 Å². The van der Waals surface area contributed by atoms with Gasteiger partial charge in [-0.3, -0.25) is 0 Å². The standard InChI is InChI=1S/C20H22N2/c1-2-22-13-12-17-16-10-6-7-11-19(16)21-20(17)18(14-22)15-8-4-3-5-9-15/h3-11,18,21H,2,12-14H2,1H3. The van der Waals surface area contributed by atoms with Crippen molar-refractivity contribution < 1.29 is 0 Å². The second-order valence-corrected chi connectivity index (χ2v) is 6.17. The molecule has 0 spiro atoms. The number of nitrogens with one attached hydrogen (secondary N) is 1. The molecule has 0 radical (unpaired) electrons. The molecule has 22 heavy (non-hydrogen) atoms. The van der Waals surface area contributed by atoms with Crippen LogP contribution in [0.5, 0.6) is 0 Å². The highest BCUT2D eigenvalue weighted by Gasteiger charge is 2.26. The van der Waals surface area contributed by atoms with E-state index in [1.807, 2.05) is 0 Å². The van der Waals surface area contributed by atoms with Gasteiger partial charge in [-0.25, -0.2) is 0 Å². The normalized spacial score (nSPS) is 19.0. The number of hydrogen-bond acceptors (Lipinski definition) is 1. The molecule has 112 valence electrons. The van der Waals surface area contributed by atoms with E-state index in [2.05, 4.69) is 71.4 Å². The Labute approximate surface area is 131 Å². The smallest absolute Gasteiger partial charge is 0.0459 e. The number of rotatable bonds is 2. The maximum atomic E-state index is 3.72. The molecule has 3 aromatic rings. The lowest BCUT2D eigenvalue weighted by molar-refractivity contribution is 0.291. The summed E-state index contributed by atoms with van der Waals surface area (Å²) in [6.07, 6.45) is 1.14. The Kier molecular flexibility index (Phi) is 3.47. The number of benzene rings is 2. The maximum absolute atomic E-state index is 3.72. The van der Waals surface area contributed by atoms with Gasteiger partial charge in [0, 0.05) is 35.6 Å². The average Bonchev–Trinajstić information content (AvgIpc) is 2.84. The van der Waals surface area contributed by atoms with Crippen LogP contribution in [-0.2, 0) is 6.42 Å². The van der Waals surface area contributed by atoms with Crippen LogP contribution in [0.4, 0.5) is 0 Å². The van der Waals surface area contributed by atoms with E-state index < -0.39 is 0 Å². The molecular formula is C20H22N2. The molecule has 1 unspecified atom stereocenters. The van der Waals surface area contributed by atoms with Crippen LogP contribution >= 0.6 is 0 Å². The number of likely N-dealkylation sites (N-methyl/N-ethyl adjacent to an activating group) is 1. The second-order valence-electron chi connectivity index (χ2n) is 6.17. The van der Waals surface area contributed by atoms with Crippen molar-refractivity contribution >= 4 is 10.9 Å². The monoisotopic (exact) mass is 290 g/mol. The van der Waals surface area contributed by atoms with Crippen LogP contribution in [0.1, 0.15) is 29.7 Å². The Hall–Kier alpha value is -2.06. The fraction of sp³-hybridized carbons (Fsp3) is 0.300. The Bertz CT molecular complexity index is 773. The first-order valence-corrected chi connectivity index (χ1v) is 8.23. The lowest BCUT2D eigenvalue weighted by Crippen LogP contribution is -2.28. The van der Waals surface area contributed by atoms with Gasteiger partial charge in [-0.05, 0) is 30.2 Å². The third kappa shape index (κ3) is 2.24. The van der Waals surface area contributed by atoms with Gasteiger partial charge in [-0.1, -0.05) is 55.5 Å². The molecule has 1 atom stereocenters. The van der Waals surface area contributed by atoms with E-state index in [0.717, 1.165) is 26.1 Å². The van der Waals surface area contributed by atoms with E-state index in [1.165, 1.54) is 27.7 Å². The summed E-state index contributed by atoms with van der Waals surface area (Å²) in [5, 5.41) is 1.40. The van der Waals surface area contributed by atoms with E-state index in [-0.39, 0.29) is 0 Å². The van der Waals surface area contributed by atoms with Crippen molar-refractivity contribution in [1.82, 2.24) is 9.88 Å². The molecule has 2 heterocycles. The van der Waals surface area contributed by atoms with Gasteiger partial charge in [0.2, 0.25) is 0 Å². The quantitative estimate of drug-likeness (QED) is 0.750. The molecule has 1 aliphatic rings. The van der Waals surface area contributed by atoms with Gasteiger partial charge in [0.15, 0.2) is 0 Å². The van der Waals surface area contributed by atoms with Gasteiger partial charge in [-0.15, -0.1) is 0 Å². The molecule has 1 aromatic heterocycles. The maximum Gasteiger partial charge on any atom is 0.0459 e. The molecule has 2 aromatic carbocycles. The van der Waals surface area contributed by atoms with Crippen LogP contribution in [0.2, 0.25) is 0 Å². The van der Waals surface area contributed by atoms with Crippen molar-refractivity contribution in [2.45, 2.75) is 19.3 Å². The van der Waals surface area contributed by atoms with Gasteiger partial charge >= 0.3 is 0 Å². The van der Waals surface area contributed by atoms with Gasteiger partial charge in [0.1, 0.15) is 0 Å². The van der Waals surface area contributed by atoms with Crippen molar-refractivity contribution in [3.05, 3.63) is 71.4 Å². The van der Waals surface area contributed by atoms with E-state index in [4.69, 9.17) is 0 Å². The fourth-order valence-corrected chi connectivity index (χ4v) is 3.74. The molecule has 1 N–H and O–H groups in total. The van der Waals surface area contributed by atoms with Crippen molar-refractivity contribution in [2.75, 3.05) is 19.6 Å². The number of fused-ring (bicyclic) bond motifs is 3. The van der Waals surface area contributed by atoms with E-state index in [1.54, 1.807) is 0 Å². The van der Waals surface area contributed by atoms with Crippen LogP contribution in [0.3, 0.4) is 0 Å². The fourth-order valence-electron chi connectivity index (χ4n) is 3.74. The van der Waals surface area contributed by atoms with Crippen LogP contribution in [-0.4, -0.2) is 29.5 Å². The average molecular weight is 290 g/mol. The highest BCUT2D eigenvalue weighted by molar-refractivity contribution is 5.85. The molecule has 0 saturated heterocycles. The number of aromatic nitrogens is 1. The first kappa shape index (κ1) is 13.6. The number of hydrogen-bond donors (Lipinski definition) is 1. The molecule has 2 nitrogen and oxygen atoms in total. The third-order valence-corrected chi connectivity index (χ3v) is 4.96. The Balaban J connectivity index is 1.89. The number of H-pyrrole nitrogens is 1. The summed E-state index contributed by atoms with van der Waals surface area (Å²) in [6, 6.07) is 19.7. The summed E-state index contributed by atoms with van der Waals surface area (Å²) in [6.45, 7) is 5.63. The molecule has 0 aliphatic carbocycles. The minimum atomic E-state index is 0.436. The predicted molar refractivity (Wildman–Crippen MR) is 92.4 cm³/mol. The largest absolute Gasteiger partial charge is 0.358 e. The van der Waals surface area contributed by atoms with Crippen molar-refractivity contribution in [3.8, 4) is 0 Å². The summed E-state index contributed by atoms with van der Waals surface area (Å²) >= 11 is 0. The molecule has 0 fully saturated rings. The van der Waals surface area contributed by atoms with E-state index in [0.29, 0.717) is 5.92 Å². The van der Waals surface area contributed by atoms with Gasteiger partial charge in [0.25, 0.3) is 0 Å². The Morgan fingerprint density at radius 3 is 2.64 bits per heavy atom. The molecule has 0 amide bonds. The summed E-state index contributed by atoms with van der Waals surface area (Å²) in [5.41, 5.74) is 5.62. The van der Waals surface area contributed by atoms with E-state index >= 15 is 0 Å². The van der Waals surface area contributed by atoms with Crippen molar-refractivity contribution in [1.29, 1.82) is 0 Å². The predicted octanol–water partition coefficient (Wildman–Crippen LogP) is 4.18. The zero-order valence-corrected chi connectivity index (χ0v) is 13.0. The SMILES string of the molecule is CCN1CCc2c([nH]c3ccccc23)C(c2ccccc2)C1. The molecule has 2 heteroatoms. The zero-order valence-electron chi connectivity index (χ0n) is 13.0. The highest BCUT2D eigenvalue weighted by atomic mass is 15.1. The summed E-state index contributed by atoms with van der Waals surface area (Å²) in [5.74, 6) is 0.436. The van der Waals surface area contributed by atoms with Crippen molar-refractivity contribution in [3.63, 3.8) is 0 Å². The second kappa shape index (κ2) is 5.62. The van der Waals surface area contributed by atoms with Gasteiger partial charge < -0.3 is 9.88 Å². The Morgan fingerprint density at radius 2 is 1.82 bits per heavy atom. The molecular weight excluding hydrogens is 268 g/mol. The summed E-state index contributed by atoms with van der Waals surface area (Å²) in [7, 11) is 0. The lowest BCUT2D eigenvalue weighted by atomic mass is 9.93. The van der Waals surface area contributed by atoms with E-state index in [9.17, 15) is 0 Å². The van der Waals surface area contributed by atoms with Crippen LogP contribution < -0.4 is 0 Å². The Morgan fingerprint density at radius 1 is 1.05 bits per heavy atom. The number of para-hydroxylation sites is 1. The van der Waals surface area contributed by atoms with Crippen LogP contribution in [0, 0.1) is 0 Å². The third-order valence-electron chi connectivity index (χ3n) is 4.96.